The number of carbonyl (C=O) groups excluding carboxylic acids is 2. The molecule has 2 amide bonds. The summed E-state index contributed by atoms with van der Waals surface area (Å²) in [6, 6.07) is 22.1. The van der Waals surface area contributed by atoms with E-state index in [1.54, 1.807) is 18.2 Å². The van der Waals surface area contributed by atoms with E-state index in [9.17, 15) is 9.59 Å². The van der Waals surface area contributed by atoms with E-state index in [0.29, 0.717) is 21.2 Å². The Hall–Kier alpha value is -3.02. The molecule has 2 aliphatic rings. The number of amides is 2. The summed E-state index contributed by atoms with van der Waals surface area (Å²) in [5.74, 6) is -0.587. The number of para-hydroxylation sites is 1. The van der Waals surface area contributed by atoms with Crippen molar-refractivity contribution in [3.63, 3.8) is 0 Å². The largest absolute Gasteiger partial charge is 0.373 e. The van der Waals surface area contributed by atoms with Gasteiger partial charge in [-0.05, 0) is 54.4 Å². The molecule has 0 bridgehead atoms. The van der Waals surface area contributed by atoms with Crippen LogP contribution in [0.4, 0.5) is 11.4 Å². The van der Waals surface area contributed by atoms with Crippen molar-refractivity contribution in [1.29, 1.82) is 0 Å². The van der Waals surface area contributed by atoms with Gasteiger partial charge in [0.2, 0.25) is 0 Å². The van der Waals surface area contributed by atoms with Crippen molar-refractivity contribution in [2.24, 2.45) is 0 Å². The van der Waals surface area contributed by atoms with Crippen molar-refractivity contribution in [2.75, 3.05) is 10.2 Å². The second-order valence-electron chi connectivity index (χ2n) is 7.25. The Morgan fingerprint density at radius 2 is 1.70 bits per heavy atom. The molecule has 2 aliphatic heterocycles. The van der Waals surface area contributed by atoms with Crippen molar-refractivity contribution in [3.8, 4) is 0 Å². The Labute approximate surface area is 183 Å². The fraction of sp³-hybridized carbons (Fsp3) is 0.0833. The second-order valence-corrected chi connectivity index (χ2v) is 8.74. The highest BCUT2D eigenvalue weighted by Gasteiger charge is 2.45. The molecule has 0 saturated carbocycles. The standard InChI is InChI=1S/C24H17ClN2O2S/c1-14-5-4-6-17(13-14)27-23(28)20-21(15-9-11-16(25)12-10-15)26-18-7-2-3-8-19(18)30-22(20)24(27)29/h2-13,21,26H,1H3/t21-/m0/s1. The first-order valence-electron chi connectivity index (χ1n) is 9.51. The molecule has 6 heteroatoms. The van der Waals surface area contributed by atoms with Gasteiger partial charge in [0.1, 0.15) is 0 Å². The fourth-order valence-electron chi connectivity index (χ4n) is 3.80. The molecule has 0 saturated heterocycles. The number of imide groups is 1. The first kappa shape index (κ1) is 19.0. The average molecular weight is 433 g/mol. The van der Waals surface area contributed by atoms with E-state index in [4.69, 9.17) is 11.6 Å². The van der Waals surface area contributed by atoms with Crippen molar-refractivity contribution < 1.29 is 9.59 Å². The Morgan fingerprint density at radius 1 is 0.933 bits per heavy atom. The number of hydrogen-bond acceptors (Lipinski definition) is 4. The van der Waals surface area contributed by atoms with E-state index in [1.165, 1.54) is 16.7 Å². The molecule has 2 heterocycles. The zero-order chi connectivity index (χ0) is 20.8. The zero-order valence-electron chi connectivity index (χ0n) is 16.1. The lowest BCUT2D eigenvalue weighted by Crippen LogP contribution is -2.33. The van der Waals surface area contributed by atoms with Gasteiger partial charge < -0.3 is 5.32 Å². The summed E-state index contributed by atoms with van der Waals surface area (Å²) in [7, 11) is 0. The Morgan fingerprint density at radius 3 is 2.47 bits per heavy atom. The molecule has 0 fully saturated rings. The van der Waals surface area contributed by atoms with Gasteiger partial charge in [0.05, 0.1) is 22.2 Å². The highest BCUT2D eigenvalue weighted by atomic mass is 35.5. The molecule has 0 unspecified atom stereocenters. The third kappa shape index (κ3) is 3.11. The van der Waals surface area contributed by atoms with Crippen LogP contribution in [0.2, 0.25) is 5.02 Å². The van der Waals surface area contributed by atoms with Gasteiger partial charge in [-0.25, -0.2) is 4.90 Å². The average Bonchev–Trinajstić information content (AvgIpc) is 2.88. The number of nitrogens with one attached hydrogen (secondary N) is 1. The third-order valence-corrected chi connectivity index (χ3v) is 6.65. The smallest absolute Gasteiger partial charge is 0.272 e. The van der Waals surface area contributed by atoms with E-state index < -0.39 is 6.04 Å². The normalized spacial score (nSPS) is 18.1. The number of fused-ring (bicyclic) bond motifs is 1. The highest BCUT2D eigenvalue weighted by molar-refractivity contribution is 8.04. The monoisotopic (exact) mass is 432 g/mol. The summed E-state index contributed by atoms with van der Waals surface area (Å²) >= 11 is 7.42. The van der Waals surface area contributed by atoms with E-state index in [-0.39, 0.29) is 11.8 Å². The summed E-state index contributed by atoms with van der Waals surface area (Å²) in [5, 5.41) is 4.10. The van der Waals surface area contributed by atoms with Crippen molar-refractivity contribution in [1.82, 2.24) is 0 Å². The van der Waals surface area contributed by atoms with Gasteiger partial charge in [-0.3, -0.25) is 9.59 Å². The number of nitrogens with zero attached hydrogens (tertiary/aromatic N) is 1. The lowest BCUT2D eigenvalue weighted by atomic mass is 9.98. The quantitative estimate of drug-likeness (QED) is 0.525. The summed E-state index contributed by atoms with van der Waals surface area (Å²) in [4.78, 5) is 29.7. The number of aryl methyl sites for hydroxylation is 1. The van der Waals surface area contributed by atoms with Gasteiger partial charge in [-0.2, -0.15) is 0 Å². The molecule has 1 atom stereocenters. The Balaban J connectivity index is 1.66. The van der Waals surface area contributed by atoms with Crippen LogP contribution < -0.4 is 10.2 Å². The number of rotatable bonds is 2. The van der Waals surface area contributed by atoms with Crippen molar-refractivity contribution >= 4 is 46.6 Å². The number of anilines is 2. The van der Waals surface area contributed by atoms with E-state index in [0.717, 1.165) is 21.7 Å². The molecule has 0 aliphatic carbocycles. The molecule has 1 N–H and O–H groups in total. The lowest BCUT2D eigenvalue weighted by Gasteiger charge is -2.22. The Bertz CT molecular complexity index is 1220. The van der Waals surface area contributed by atoms with Crippen LogP contribution in [0, 0.1) is 6.92 Å². The molecule has 148 valence electrons. The molecular formula is C24H17ClN2O2S. The van der Waals surface area contributed by atoms with Gasteiger partial charge in [-0.1, -0.05) is 59.8 Å². The molecule has 5 rings (SSSR count). The van der Waals surface area contributed by atoms with Crippen LogP contribution in [0.5, 0.6) is 0 Å². The number of thioether (sulfide) groups is 1. The van der Waals surface area contributed by atoms with Crippen LogP contribution in [0.15, 0.2) is 88.2 Å². The summed E-state index contributed by atoms with van der Waals surface area (Å²) in [6.07, 6.45) is 0. The van der Waals surface area contributed by atoms with Gasteiger partial charge in [0.25, 0.3) is 11.8 Å². The second kappa shape index (κ2) is 7.35. The molecule has 0 aromatic heterocycles. The molecule has 30 heavy (non-hydrogen) atoms. The first-order valence-corrected chi connectivity index (χ1v) is 10.7. The first-order chi connectivity index (χ1) is 14.5. The maximum atomic E-state index is 13.6. The summed E-state index contributed by atoms with van der Waals surface area (Å²) < 4.78 is 0. The topological polar surface area (TPSA) is 49.4 Å². The minimum atomic E-state index is -0.459. The number of benzene rings is 3. The number of carbonyl (C=O) groups is 2. The highest BCUT2D eigenvalue weighted by Crippen LogP contribution is 2.48. The SMILES string of the molecule is Cc1cccc(N2C(=O)C3=C(C2=O)[C@H](c2ccc(Cl)cc2)Nc2ccccc2S3)c1. The van der Waals surface area contributed by atoms with Crippen LogP contribution in [0.1, 0.15) is 17.2 Å². The predicted octanol–water partition coefficient (Wildman–Crippen LogP) is 5.73. The number of halogens is 1. The van der Waals surface area contributed by atoms with Crippen LogP contribution in [0.25, 0.3) is 0 Å². The predicted molar refractivity (Wildman–Crippen MR) is 121 cm³/mol. The van der Waals surface area contributed by atoms with Crippen LogP contribution >= 0.6 is 23.4 Å². The van der Waals surface area contributed by atoms with Crippen LogP contribution in [-0.4, -0.2) is 11.8 Å². The van der Waals surface area contributed by atoms with Gasteiger partial charge >= 0.3 is 0 Å². The van der Waals surface area contributed by atoms with Gasteiger partial charge in [-0.15, -0.1) is 0 Å². The molecule has 4 nitrogen and oxygen atoms in total. The lowest BCUT2D eigenvalue weighted by molar-refractivity contribution is -0.120. The summed E-state index contributed by atoms with van der Waals surface area (Å²) in [6.45, 7) is 1.94. The maximum Gasteiger partial charge on any atom is 0.272 e. The molecule has 3 aromatic rings. The third-order valence-electron chi connectivity index (χ3n) is 5.23. The van der Waals surface area contributed by atoms with Gasteiger partial charge in [0, 0.05) is 15.6 Å². The zero-order valence-corrected chi connectivity index (χ0v) is 17.6. The van der Waals surface area contributed by atoms with E-state index >= 15 is 0 Å². The summed E-state index contributed by atoms with van der Waals surface area (Å²) in [5.41, 5.74) is 3.79. The number of hydrogen-bond donors (Lipinski definition) is 1. The Kier molecular flexibility index (Phi) is 4.65. The molecular weight excluding hydrogens is 416 g/mol. The van der Waals surface area contributed by atoms with Crippen LogP contribution in [0.3, 0.4) is 0 Å². The molecule has 3 aromatic carbocycles. The maximum absolute atomic E-state index is 13.6. The van der Waals surface area contributed by atoms with Crippen LogP contribution in [-0.2, 0) is 9.59 Å². The van der Waals surface area contributed by atoms with E-state index in [1.807, 2.05) is 61.5 Å². The minimum absolute atomic E-state index is 0.289. The van der Waals surface area contributed by atoms with E-state index in [2.05, 4.69) is 5.32 Å². The van der Waals surface area contributed by atoms with Gasteiger partial charge in [0.15, 0.2) is 0 Å². The minimum Gasteiger partial charge on any atom is -0.373 e. The molecule has 0 radical (unpaired) electrons. The van der Waals surface area contributed by atoms with Crippen molar-refractivity contribution in [3.05, 3.63) is 99.4 Å². The van der Waals surface area contributed by atoms with Crippen molar-refractivity contribution in [2.45, 2.75) is 17.9 Å². The fourth-order valence-corrected chi connectivity index (χ4v) is 5.02. The molecule has 0 spiro atoms.